The summed E-state index contributed by atoms with van der Waals surface area (Å²) < 4.78 is 23.0. The minimum atomic E-state index is -3.18. The number of rotatable bonds is 8. The third kappa shape index (κ3) is 5.95. The fraction of sp³-hybridized carbons (Fsp3) is 0.381. The Hall–Kier alpha value is -2.13. The number of hydrogen-bond donors (Lipinski definition) is 2. The maximum Gasteiger partial charge on any atom is 0.335 e. The Morgan fingerprint density at radius 3 is 2.17 bits per heavy atom. The Labute approximate surface area is 183 Å². The summed E-state index contributed by atoms with van der Waals surface area (Å²) in [6.45, 7) is 2.37. The summed E-state index contributed by atoms with van der Waals surface area (Å²) in [5.41, 5.74) is 1.34. The van der Waals surface area contributed by atoms with Gasteiger partial charge in [0.1, 0.15) is 5.60 Å². The van der Waals surface area contributed by atoms with Crippen LogP contribution in [0.1, 0.15) is 15.9 Å². The number of benzene rings is 2. The predicted molar refractivity (Wildman–Crippen MR) is 119 cm³/mol. The molecule has 7 nitrogen and oxygen atoms in total. The number of aromatic carboxylic acids is 1. The van der Waals surface area contributed by atoms with Gasteiger partial charge in [-0.1, -0.05) is 12.1 Å². The second kappa shape index (κ2) is 9.34. The Kier molecular flexibility index (Phi) is 7.52. The zero-order valence-electron chi connectivity index (χ0n) is 17.0. The molecule has 0 saturated carbocycles. The van der Waals surface area contributed by atoms with Crippen LogP contribution in [0.4, 0.5) is 5.69 Å². The summed E-state index contributed by atoms with van der Waals surface area (Å²) in [7, 11) is -1.30. The van der Waals surface area contributed by atoms with Crippen LogP contribution in [-0.2, 0) is 16.3 Å². The average Bonchev–Trinajstić information content (AvgIpc) is 2.64. The van der Waals surface area contributed by atoms with Crippen molar-refractivity contribution < 1.29 is 23.4 Å². The number of β-amino-alcohol motifs (C(OH)–C–C–N with tert-alkyl or cyclic N) is 1. The van der Waals surface area contributed by atoms with E-state index in [-0.39, 0.29) is 18.0 Å². The molecule has 0 aromatic heterocycles. The molecule has 30 heavy (non-hydrogen) atoms. The largest absolute Gasteiger partial charge is 0.478 e. The molecule has 0 amide bonds. The number of carboxylic acid groups (broad SMARTS) is 1. The van der Waals surface area contributed by atoms with Crippen molar-refractivity contribution in [1.82, 2.24) is 4.90 Å². The van der Waals surface area contributed by atoms with Crippen molar-refractivity contribution in [3.8, 4) is 0 Å². The van der Waals surface area contributed by atoms with Crippen LogP contribution in [0.2, 0.25) is 0 Å². The SMILES string of the molecule is CN(CC1(O)CN(CCc2ccc(S(C)(=O)=O)cc2)C1)c1ccc(C(=O)O)cc1.Cl. The van der Waals surface area contributed by atoms with Crippen LogP contribution >= 0.6 is 12.4 Å². The van der Waals surface area contributed by atoms with Gasteiger partial charge in [-0.05, 0) is 48.4 Å². The number of nitrogens with zero attached hydrogens (tertiary/aromatic N) is 2. The number of hydrogen-bond acceptors (Lipinski definition) is 6. The van der Waals surface area contributed by atoms with Crippen molar-refractivity contribution in [2.24, 2.45) is 0 Å². The molecule has 2 aromatic rings. The van der Waals surface area contributed by atoms with E-state index in [2.05, 4.69) is 4.90 Å². The number of aliphatic hydroxyl groups is 1. The van der Waals surface area contributed by atoms with Gasteiger partial charge in [-0.3, -0.25) is 4.90 Å². The molecule has 1 heterocycles. The van der Waals surface area contributed by atoms with Gasteiger partial charge in [0.2, 0.25) is 0 Å². The summed E-state index contributed by atoms with van der Waals surface area (Å²) in [4.78, 5) is 15.3. The number of likely N-dealkylation sites (tertiary alicyclic amines) is 1. The number of sulfone groups is 1. The first-order valence-electron chi connectivity index (χ1n) is 9.34. The highest BCUT2D eigenvalue weighted by molar-refractivity contribution is 7.90. The Bertz CT molecular complexity index is 971. The van der Waals surface area contributed by atoms with Crippen molar-refractivity contribution in [2.75, 3.05) is 44.4 Å². The van der Waals surface area contributed by atoms with E-state index in [1.165, 1.54) is 6.26 Å². The quantitative estimate of drug-likeness (QED) is 0.628. The van der Waals surface area contributed by atoms with Crippen LogP contribution in [-0.4, -0.2) is 74.6 Å². The molecule has 0 atom stereocenters. The molecule has 0 spiro atoms. The van der Waals surface area contributed by atoms with Crippen LogP contribution in [0.25, 0.3) is 0 Å². The molecule has 0 aliphatic carbocycles. The van der Waals surface area contributed by atoms with E-state index in [9.17, 15) is 18.3 Å². The van der Waals surface area contributed by atoms with Crippen molar-refractivity contribution in [3.05, 3.63) is 59.7 Å². The Balaban J connectivity index is 0.00000320. The summed E-state index contributed by atoms with van der Waals surface area (Å²) in [6.07, 6.45) is 1.98. The highest BCUT2D eigenvalue weighted by atomic mass is 35.5. The van der Waals surface area contributed by atoms with Crippen molar-refractivity contribution in [3.63, 3.8) is 0 Å². The van der Waals surface area contributed by atoms with Crippen molar-refractivity contribution in [1.29, 1.82) is 0 Å². The van der Waals surface area contributed by atoms with Gasteiger partial charge < -0.3 is 15.1 Å². The molecule has 164 valence electrons. The average molecular weight is 455 g/mol. The minimum Gasteiger partial charge on any atom is -0.478 e. The number of carboxylic acids is 1. The zero-order chi connectivity index (χ0) is 21.2. The molecule has 1 fully saturated rings. The molecular formula is C21H27ClN2O5S. The molecule has 1 saturated heterocycles. The van der Waals surface area contributed by atoms with E-state index in [1.54, 1.807) is 36.4 Å². The number of carbonyl (C=O) groups is 1. The predicted octanol–water partition coefficient (Wildman–Crippen LogP) is 1.94. The highest BCUT2D eigenvalue weighted by Gasteiger charge is 2.41. The molecule has 3 rings (SSSR count). The van der Waals surface area contributed by atoms with Crippen LogP contribution < -0.4 is 4.90 Å². The van der Waals surface area contributed by atoms with Crippen LogP contribution in [0, 0.1) is 0 Å². The van der Waals surface area contributed by atoms with Crippen molar-refractivity contribution in [2.45, 2.75) is 16.9 Å². The van der Waals surface area contributed by atoms with E-state index in [1.807, 2.05) is 24.1 Å². The lowest BCUT2D eigenvalue weighted by molar-refractivity contribution is -0.0896. The standard InChI is InChI=1S/C21H26N2O5S.ClH/c1-22(18-7-5-17(6-8-18)20(24)25)13-21(26)14-23(15-21)12-11-16-3-9-19(10-4-16)29(2,27)28;/h3-10,26H,11-15H2,1-2H3,(H,24,25);1H. The molecule has 9 heteroatoms. The lowest BCUT2D eigenvalue weighted by Crippen LogP contribution is -2.66. The molecular weight excluding hydrogens is 428 g/mol. The first-order valence-corrected chi connectivity index (χ1v) is 11.2. The maximum atomic E-state index is 11.5. The minimum absolute atomic E-state index is 0. The molecule has 0 radical (unpaired) electrons. The van der Waals surface area contributed by atoms with Crippen LogP contribution in [0.5, 0.6) is 0 Å². The number of likely N-dealkylation sites (N-methyl/N-ethyl adjacent to an activating group) is 1. The number of halogens is 1. The number of anilines is 1. The van der Waals surface area contributed by atoms with Gasteiger partial charge in [0.05, 0.1) is 10.5 Å². The third-order valence-electron chi connectivity index (χ3n) is 5.19. The molecule has 1 aliphatic rings. The first-order chi connectivity index (χ1) is 13.6. The first kappa shape index (κ1) is 24.1. The molecule has 0 unspecified atom stereocenters. The summed E-state index contributed by atoms with van der Waals surface area (Å²) in [5.74, 6) is -0.960. The Morgan fingerprint density at radius 1 is 1.10 bits per heavy atom. The lowest BCUT2D eigenvalue weighted by atomic mass is 9.92. The van der Waals surface area contributed by atoms with Gasteiger partial charge in [0.15, 0.2) is 9.84 Å². The monoisotopic (exact) mass is 454 g/mol. The highest BCUT2D eigenvalue weighted by Crippen LogP contribution is 2.25. The molecule has 2 N–H and O–H groups in total. The topological polar surface area (TPSA) is 98.2 Å². The lowest BCUT2D eigenvalue weighted by Gasteiger charge is -2.48. The van der Waals surface area contributed by atoms with Crippen LogP contribution in [0.3, 0.4) is 0 Å². The molecule has 0 bridgehead atoms. The second-order valence-electron chi connectivity index (χ2n) is 7.81. The summed E-state index contributed by atoms with van der Waals surface area (Å²) in [6, 6.07) is 13.5. The van der Waals surface area contributed by atoms with E-state index in [4.69, 9.17) is 5.11 Å². The normalized spacial score (nSPS) is 15.7. The maximum absolute atomic E-state index is 11.5. The summed E-state index contributed by atoms with van der Waals surface area (Å²) >= 11 is 0. The Morgan fingerprint density at radius 2 is 1.67 bits per heavy atom. The molecule has 1 aliphatic heterocycles. The zero-order valence-corrected chi connectivity index (χ0v) is 18.6. The van der Waals surface area contributed by atoms with E-state index >= 15 is 0 Å². The van der Waals surface area contributed by atoms with Gasteiger partial charge in [-0.2, -0.15) is 0 Å². The van der Waals surface area contributed by atoms with Gasteiger partial charge in [0, 0.05) is 45.2 Å². The molecule has 2 aromatic carbocycles. The van der Waals surface area contributed by atoms with Crippen molar-refractivity contribution >= 4 is 33.9 Å². The third-order valence-corrected chi connectivity index (χ3v) is 6.32. The van der Waals surface area contributed by atoms with E-state index < -0.39 is 21.4 Å². The summed E-state index contributed by atoms with van der Waals surface area (Å²) in [5, 5.41) is 19.7. The fourth-order valence-corrected chi connectivity index (χ4v) is 4.26. The fourth-order valence-electron chi connectivity index (χ4n) is 3.63. The van der Waals surface area contributed by atoms with Gasteiger partial charge >= 0.3 is 5.97 Å². The smallest absolute Gasteiger partial charge is 0.335 e. The van der Waals surface area contributed by atoms with Gasteiger partial charge in [-0.15, -0.1) is 12.4 Å². The van der Waals surface area contributed by atoms with E-state index in [0.29, 0.717) is 24.5 Å². The second-order valence-corrected chi connectivity index (χ2v) is 9.82. The van der Waals surface area contributed by atoms with Crippen LogP contribution in [0.15, 0.2) is 53.4 Å². The van der Waals surface area contributed by atoms with E-state index in [0.717, 1.165) is 24.2 Å². The van der Waals surface area contributed by atoms with Gasteiger partial charge in [0.25, 0.3) is 0 Å². The van der Waals surface area contributed by atoms with Gasteiger partial charge in [-0.25, -0.2) is 13.2 Å².